The van der Waals surface area contributed by atoms with Gasteiger partial charge in [0.2, 0.25) is 11.8 Å². The largest absolute Gasteiger partial charge is 0.369 e. The van der Waals surface area contributed by atoms with Gasteiger partial charge in [-0.15, -0.1) is 11.3 Å². The first-order valence-electron chi connectivity index (χ1n) is 11.3. The number of primary amides is 1. The zero-order valence-electron chi connectivity index (χ0n) is 17.4. The van der Waals surface area contributed by atoms with Gasteiger partial charge in [0.25, 0.3) is 0 Å². The summed E-state index contributed by atoms with van der Waals surface area (Å²) in [4.78, 5) is 29.3. The summed E-state index contributed by atoms with van der Waals surface area (Å²) in [6, 6.07) is 12.5. The van der Waals surface area contributed by atoms with Crippen LogP contribution >= 0.6 is 11.3 Å². The first kappa shape index (κ1) is 19.8. The molecule has 3 atom stereocenters. The molecule has 3 fully saturated rings. The number of amides is 2. The summed E-state index contributed by atoms with van der Waals surface area (Å²) < 4.78 is 0. The second-order valence-corrected chi connectivity index (χ2v) is 10.4. The minimum Gasteiger partial charge on any atom is -0.369 e. The van der Waals surface area contributed by atoms with Crippen LogP contribution in [0.25, 0.3) is 10.4 Å². The maximum Gasteiger partial charge on any atom is 0.226 e. The highest BCUT2D eigenvalue weighted by Gasteiger charge is 2.56. The quantitative estimate of drug-likeness (QED) is 0.772. The second-order valence-electron chi connectivity index (χ2n) is 9.46. The molecule has 2 aromatic rings. The maximum atomic E-state index is 13.3. The predicted molar refractivity (Wildman–Crippen MR) is 120 cm³/mol. The van der Waals surface area contributed by atoms with Crippen molar-refractivity contribution in [2.45, 2.75) is 44.9 Å². The van der Waals surface area contributed by atoms with Crippen LogP contribution in [-0.4, -0.2) is 29.8 Å². The lowest BCUT2D eigenvalue weighted by atomic mass is 9.73. The Bertz CT molecular complexity index is 928. The molecule has 158 valence electrons. The molecule has 2 amide bonds. The molecule has 1 aromatic carbocycles. The van der Waals surface area contributed by atoms with E-state index in [0.717, 1.165) is 24.9 Å². The first-order valence-corrected chi connectivity index (χ1v) is 12.2. The number of nitrogens with zero attached hydrogens (tertiary/aromatic N) is 1. The van der Waals surface area contributed by atoms with E-state index in [2.05, 4.69) is 29.6 Å². The van der Waals surface area contributed by atoms with Gasteiger partial charge < -0.3 is 10.6 Å². The topological polar surface area (TPSA) is 63.4 Å². The Morgan fingerprint density at radius 3 is 2.53 bits per heavy atom. The third kappa shape index (κ3) is 3.47. The van der Waals surface area contributed by atoms with Crippen molar-refractivity contribution in [1.82, 2.24) is 4.90 Å². The van der Waals surface area contributed by atoms with Gasteiger partial charge in [0, 0.05) is 23.9 Å². The monoisotopic (exact) mass is 422 g/mol. The van der Waals surface area contributed by atoms with Crippen LogP contribution in [0.1, 0.15) is 44.1 Å². The molecule has 2 saturated carbocycles. The Morgan fingerprint density at radius 1 is 1.07 bits per heavy atom. The Kier molecular flexibility index (Phi) is 5.18. The van der Waals surface area contributed by atoms with Crippen molar-refractivity contribution in [2.24, 2.45) is 28.9 Å². The number of piperidine rings is 1. The molecule has 0 spiro atoms. The molecule has 2 N–H and O–H groups in total. The Hall–Kier alpha value is -2.14. The number of carbonyl (C=O) groups excluding carboxylic acids is 2. The average molecular weight is 423 g/mol. The molecule has 2 heterocycles. The summed E-state index contributed by atoms with van der Waals surface area (Å²) in [5, 5.41) is 2.08. The second kappa shape index (κ2) is 7.84. The fourth-order valence-corrected chi connectivity index (χ4v) is 6.82. The molecule has 1 saturated heterocycles. The average Bonchev–Trinajstić information content (AvgIpc) is 3.23. The van der Waals surface area contributed by atoms with E-state index in [-0.39, 0.29) is 17.7 Å². The normalized spacial score (nSPS) is 30.5. The lowest BCUT2D eigenvalue weighted by Gasteiger charge is -2.41. The van der Waals surface area contributed by atoms with Gasteiger partial charge in [0.1, 0.15) is 0 Å². The fraction of sp³-hybridized carbons (Fsp3) is 0.520. The number of fused-ring (bicyclic) bond motifs is 1. The summed E-state index contributed by atoms with van der Waals surface area (Å²) >= 11 is 1.71. The number of nitrogens with two attached hydrogens (primary N) is 1. The molecule has 3 aliphatic rings. The van der Waals surface area contributed by atoms with E-state index in [9.17, 15) is 9.59 Å². The van der Waals surface area contributed by atoms with E-state index in [0.29, 0.717) is 24.8 Å². The summed E-state index contributed by atoms with van der Waals surface area (Å²) in [7, 11) is 0. The molecule has 5 heteroatoms. The van der Waals surface area contributed by atoms with E-state index in [1.807, 2.05) is 17.0 Å². The highest BCUT2D eigenvalue weighted by Crippen LogP contribution is 2.56. The Morgan fingerprint density at radius 2 is 1.83 bits per heavy atom. The molecule has 4 nitrogen and oxygen atoms in total. The molecule has 1 aromatic heterocycles. The smallest absolute Gasteiger partial charge is 0.226 e. The lowest BCUT2D eigenvalue weighted by molar-refractivity contribution is -0.141. The standard InChI is InChI=1S/C25H30N2O2S/c26-24(29)25(15-17-7-1-2-8-18(17)21-11-5-14-30-21)12-6-13-27(16-25)23(28)22-19-9-3-4-10-20(19)22/h1-2,5,7-8,11,14,19-20,22H,3-4,6,9-10,12-13,15-16H2,(H2,26,29). The van der Waals surface area contributed by atoms with Gasteiger partial charge in [0.15, 0.2) is 0 Å². The van der Waals surface area contributed by atoms with Gasteiger partial charge >= 0.3 is 0 Å². The van der Waals surface area contributed by atoms with E-state index in [1.165, 1.54) is 36.1 Å². The van der Waals surface area contributed by atoms with E-state index in [1.54, 1.807) is 11.3 Å². The predicted octanol–water partition coefficient (Wildman–Crippen LogP) is 4.49. The van der Waals surface area contributed by atoms with Gasteiger partial charge in [-0.1, -0.05) is 43.2 Å². The van der Waals surface area contributed by atoms with Gasteiger partial charge in [0.05, 0.1) is 5.41 Å². The molecule has 0 radical (unpaired) electrons. The number of rotatable bonds is 5. The minimum atomic E-state index is -0.679. The third-order valence-electron chi connectivity index (χ3n) is 7.69. The zero-order valence-corrected chi connectivity index (χ0v) is 18.2. The summed E-state index contributed by atoms with van der Waals surface area (Å²) in [6.45, 7) is 1.23. The number of hydrogen-bond donors (Lipinski definition) is 1. The van der Waals surface area contributed by atoms with Crippen molar-refractivity contribution in [1.29, 1.82) is 0 Å². The van der Waals surface area contributed by atoms with Crippen molar-refractivity contribution < 1.29 is 9.59 Å². The third-order valence-corrected chi connectivity index (χ3v) is 8.59. The molecule has 5 rings (SSSR count). The van der Waals surface area contributed by atoms with Gasteiger partial charge in [-0.3, -0.25) is 9.59 Å². The number of carbonyl (C=O) groups is 2. The van der Waals surface area contributed by atoms with Crippen molar-refractivity contribution in [2.75, 3.05) is 13.1 Å². The lowest BCUT2D eigenvalue weighted by Crippen LogP contribution is -2.53. The van der Waals surface area contributed by atoms with Crippen molar-refractivity contribution in [3.05, 3.63) is 47.3 Å². The zero-order chi connectivity index (χ0) is 20.7. The van der Waals surface area contributed by atoms with Crippen LogP contribution < -0.4 is 5.73 Å². The summed E-state index contributed by atoms with van der Waals surface area (Å²) in [5.74, 6) is 1.40. The highest BCUT2D eigenvalue weighted by molar-refractivity contribution is 7.13. The minimum absolute atomic E-state index is 0.203. The molecular weight excluding hydrogens is 392 g/mol. The van der Waals surface area contributed by atoms with Crippen LogP contribution in [0.3, 0.4) is 0 Å². The van der Waals surface area contributed by atoms with Gasteiger partial charge in [-0.2, -0.15) is 0 Å². The van der Waals surface area contributed by atoms with Crippen molar-refractivity contribution in [3.8, 4) is 10.4 Å². The van der Waals surface area contributed by atoms with Crippen molar-refractivity contribution >= 4 is 23.2 Å². The molecule has 3 unspecified atom stereocenters. The van der Waals surface area contributed by atoms with Crippen LogP contribution in [0.5, 0.6) is 0 Å². The SMILES string of the molecule is NC(=O)C1(Cc2ccccc2-c2cccs2)CCCN(C(=O)C2C3CCCCC32)C1. The number of benzene rings is 1. The maximum absolute atomic E-state index is 13.3. The molecule has 0 bridgehead atoms. The van der Waals surface area contributed by atoms with Crippen LogP contribution in [0.2, 0.25) is 0 Å². The van der Waals surface area contributed by atoms with Gasteiger partial charge in [-0.05, 0) is 66.5 Å². The van der Waals surface area contributed by atoms with E-state index in [4.69, 9.17) is 5.73 Å². The van der Waals surface area contributed by atoms with Crippen molar-refractivity contribution in [3.63, 3.8) is 0 Å². The molecule has 30 heavy (non-hydrogen) atoms. The van der Waals surface area contributed by atoms with Crippen LogP contribution in [0.15, 0.2) is 41.8 Å². The number of hydrogen-bond acceptors (Lipinski definition) is 3. The van der Waals surface area contributed by atoms with Crippen LogP contribution in [0.4, 0.5) is 0 Å². The first-order chi connectivity index (χ1) is 14.6. The number of thiophene rings is 1. The molecular formula is C25H30N2O2S. The van der Waals surface area contributed by atoms with Crippen LogP contribution in [-0.2, 0) is 16.0 Å². The van der Waals surface area contributed by atoms with E-state index < -0.39 is 5.41 Å². The molecule has 1 aliphatic heterocycles. The highest BCUT2D eigenvalue weighted by atomic mass is 32.1. The van der Waals surface area contributed by atoms with Gasteiger partial charge in [-0.25, -0.2) is 0 Å². The van der Waals surface area contributed by atoms with E-state index >= 15 is 0 Å². The Labute approximate surface area is 182 Å². The Balaban J connectivity index is 1.39. The molecule has 2 aliphatic carbocycles. The van der Waals surface area contributed by atoms with Crippen LogP contribution in [0, 0.1) is 23.2 Å². The number of likely N-dealkylation sites (tertiary alicyclic amines) is 1. The summed E-state index contributed by atoms with van der Waals surface area (Å²) in [6.07, 6.45) is 7.11. The fourth-order valence-electron chi connectivity index (χ4n) is 6.03. The summed E-state index contributed by atoms with van der Waals surface area (Å²) in [5.41, 5.74) is 7.65.